The summed E-state index contributed by atoms with van der Waals surface area (Å²) in [6.07, 6.45) is 0. The molecule has 0 atom stereocenters. The lowest BCUT2D eigenvalue weighted by Gasteiger charge is -2.27. The number of carbonyl (C=O) groups is 1. The zero-order valence-corrected chi connectivity index (χ0v) is 13.0. The third-order valence-electron chi connectivity index (χ3n) is 2.71. The van der Waals surface area contributed by atoms with Gasteiger partial charge in [-0.05, 0) is 34.1 Å². The van der Waals surface area contributed by atoms with Gasteiger partial charge in [0.15, 0.2) is 6.61 Å². The number of halogens is 2. The fourth-order valence-corrected chi connectivity index (χ4v) is 2.90. The van der Waals surface area contributed by atoms with Crippen molar-refractivity contribution in [3.8, 4) is 5.75 Å². The molecule has 4 nitrogen and oxygen atoms in total. The van der Waals surface area contributed by atoms with E-state index in [1.165, 1.54) is 0 Å². The van der Waals surface area contributed by atoms with Crippen molar-refractivity contribution in [2.45, 2.75) is 0 Å². The highest BCUT2D eigenvalue weighted by atomic mass is 79.9. The number of hydrogen-bond donors (Lipinski definition) is 1. The van der Waals surface area contributed by atoms with E-state index in [0.717, 1.165) is 35.1 Å². The molecule has 1 saturated heterocycles. The quantitative estimate of drug-likeness (QED) is 0.876. The summed E-state index contributed by atoms with van der Waals surface area (Å²) in [7, 11) is 0. The first-order chi connectivity index (χ1) is 8.66. The van der Waals surface area contributed by atoms with E-state index in [2.05, 4.69) is 37.2 Å². The van der Waals surface area contributed by atoms with Crippen LogP contribution in [0.4, 0.5) is 0 Å². The molecule has 0 unspecified atom stereocenters. The van der Waals surface area contributed by atoms with Gasteiger partial charge in [-0.25, -0.2) is 0 Å². The van der Waals surface area contributed by atoms with Crippen molar-refractivity contribution in [3.63, 3.8) is 0 Å². The molecule has 1 N–H and O–H groups in total. The van der Waals surface area contributed by atoms with E-state index in [4.69, 9.17) is 4.74 Å². The zero-order chi connectivity index (χ0) is 13.0. The molecule has 1 aromatic rings. The lowest BCUT2D eigenvalue weighted by Crippen LogP contribution is -2.47. The molecule has 0 spiro atoms. The molecule has 1 aliphatic rings. The van der Waals surface area contributed by atoms with Gasteiger partial charge in [0.05, 0.1) is 4.47 Å². The zero-order valence-electron chi connectivity index (χ0n) is 9.79. The minimum Gasteiger partial charge on any atom is -0.483 e. The summed E-state index contributed by atoms with van der Waals surface area (Å²) >= 11 is 6.77. The van der Waals surface area contributed by atoms with E-state index in [9.17, 15) is 4.79 Å². The minimum atomic E-state index is 0.0336. The van der Waals surface area contributed by atoms with Crippen LogP contribution >= 0.6 is 31.9 Å². The minimum absolute atomic E-state index is 0.0336. The van der Waals surface area contributed by atoms with Crippen molar-refractivity contribution in [2.75, 3.05) is 32.8 Å². The van der Waals surface area contributed by atoms with Gasteiger partial charge in [-0.2, -0.15) is 0 Å². The molecule has 0 bridgehead atoms. The molecule has 1 heterocycles. The van der Waals surface area contributed by atoms with Gasteiger partial charge in [-0.1, -0.05) is 15.9 Å². The summed E-state index contributed by atoms with van der Waals surface area (Å²) in [6, 6.07) is 5.61. The molecule has 18 heavy (non-hydrogen) atoms. The van der Waals surface area contributed by atoms with Crippen molar-refractivity contribution >= 4 is 37.8 Å². The summed E-state index contributed by atoms with van der Waals surface area (Å²) in [4.78, 5) is 13.7. The van der Waals surface area contributed by atoms with Gasteiger partial charge in [-0.15, -0.1) is 0 Å². The fraction of sp³-hybridized carbons (Fsp3) is 0.417. The number of benzene rings is 1. The van der Waals surface area contributed by atoms with Crippen LogP contribution in [0, 0.1) is 0 Å². The lowest BCUT2D eigenvalue weighted by atomic mass is 10.3. The summed E-state index contributed by atoms with van der Waals surface area (Å²) < 4.78 is 7.33. The summed E-state index contributed by atoms with van der Waals surface area (Å²) in [6.45, 7) is 3.30. The molecule has 0 aromatic heterocycles. The number of nitrogens with one attached hydrogen (secondary N) is 1. The number of ether oxygens (including phenoxy) is 1. The van der Waals surface area contributed by atoms with Gasteiger partial charge in [0, 0.05) is 30.7 Å². The van der Waals surface area contributed by atoms with Gasteiger partial charge in [0.25, 0.3) is 5.91 Å². The molecule has 98 valence electrons. The smallest absolute Gasteiger partial charge is 0.260 e. The highest BCUT2D eigenvalue weighted by Crippen LogP contribution is 2.28. The topological polar surface area (TPSA) is 41.6 Å². The Kier molecular flexibility index (Phi) is 5.03. The fourth-order valence-electron chi connectivity index (χ4n) is 1.74. The molecule has 2 rings (SSSR count). The predicted octanol–water partition coefficient (Wildman–Crippen LogP) is 2.02. The molecule has 0 aliphatic carbocycles. The van der Waals surface area contributed by atoms with E-state index < -0.39 is 0 Å². The highest BCUT2D eigenvalue weighted by molar-refractivity contribution is 9.11. The summed E-state index contributed by atoms with van der Waals surface area (Å²) in [5.74, 6) is 0.716. The number of piperazine rings is 1. The monoisotopic (exact) mass is 376 g/mol. The number of hydrogen-bond acceptors (Lipinski definition) is 3. The molecule has 1 aromatic carbocycles. The highest BCUT2D eigenvalue weighted by Gasteiger charge is 2.16. The van der Waals surface area contributed by atoms with Gasteiger partial charge < -0.3 is 15.0 Å². The van der Waals surface area contributed by atoms with Gasteiger partial charge in [0.2, 0.25) is 0 Å². The first kappa shape index (κ1) is 13.8. The molecule has 1 aliphatic heterocycles. The Morgan fingerprint density at radius 2 is 2.06 bits per heavy atom. The molecule has 6 heteroatoms. The van der Waals surface area contributed by atoms with Crippen molar-refractivity contribution < 1.29 is 9.53 Å². The van der Waals surface area contributed by atoms with Crippen LogP contribution in [0.5, 0.6) is 5.75 Å². The molecule has 0 radical (unpaired) electrons. The van der Waals surface area contributed by atoms with E-state index >= 15 is 0 Å². The Morgan fingerprint density at radius 1 is 1.33 bits per heavy atom. The lowest BCUT2D eigenvalue weighted by molar-refractivity contribution is -0.133. The van der Waals surface area contributed by atoms with Crippen LogP contribution in [0.15, 0.2) is 27.1 Å². The Morgan fingerprint density at radius 3 is 2.72 bits per heavy atom. The van der Waals surface area contributed by atoms with Crippen LogP contribution in [-0.4, -0.2) is 43.6 Å². The average Bonchev–Trinajstić information content (AvgIpc) is 2.38. The van der Waals surface area contributed by atoms with E-state index in [1.807, 2.05) is 23.1 Å². The first-order valence-corrected chi connectivity index (χ1v) is 7.32. The number of amides is 1. The van der Waals surface area contributed by atoms with E-state index in [0.29, 0.717) is 5.75 Å². The molecular weight excluding hydrogens is 364 g/mol. The van der Waals surface area contributed by atoms with Gasteiger partial charge in [0.1, 0.15) is 5.75 Å². The Bertz CT molecular complexity index is 434. The standard InChI is InChI=1S/C12H14Br2N2O2/c13-9-1-2-11(10(14)7-9)18-8-12(17)16-5-3-15-4-6-16/h1-2,7,15H,3-6,8H2. The number of nitrogens with zero attached hydrogens (tertiary/aromatic N) is 1. The van der Waals surface area contributed by atoms with Crippen LogP contribution in [0.2, 0.25) is 0 Å². The maximum absolute atomic E-state index is 11.9. The second-order valence-electron chi connectivity index (χ2n) is 3.99. The van der Waals surface area contributed by atoms with Gasteiger partial charge >= 0.3 is 0 Å². The maximum Gasteiger partial charge on any atom is 0.260 e. The molecule has 1 amide bonds. The van der Waals surface area contributed by atoms with E-state index in [1.54, 1.807) is 0 Å². The third-order valence-corrected chi connectivity index (χ3v) is 3.83. The maximum atomic E-state index is 11.9. The first-order valence-electron chi connectivity index (χ1n) is 5.73. The number of carbonyl (C=O) groups excluding carboxylic acids is 1. The van der Waals surface area contributed by atoms with Gasteiger partial charge in [-0.3, -0.25) is 4.79 Å². The van der Waals surface area contributed by atoms with Crippen LogP contribution in [0.25, 0.3) is 0 Å². The molecule has 1 fully saturated rings. The predicted molar refractivity (Wildman–Crippen MR) is 76.8 cm³/mol. The van der Waals surface area contributed by atoms with Crippen LogP contribution in [0.3, 0.4) is 0 Å². The summed E-state index contributed by atoms with van der Waals surface area (Å²) in [5.41, 5.74) is 0. The largest absolute Gasteiger partial charge is 0.483 e. The van der Waals surface area contributed by atoms with Crippen molar-refractivity contribution in [2.24, 2.45) is 0 Å². The number of rotatable bonds is 3. The third kappa shape index (κ3) is 3.70. The average molecular weight is 378 g/mol. The van der Waals surface area contributed by atoms with Crippen LogP contribution in [-0.2, 0) is 4.79 Å². The Labute approximate surface area is 123 Å². The van der Waals surface area contributed by atoms with Crippen molar-refractivity contribution in [1.29, 1.82) is 0 Å². The Balaban J connectivity index is 1.88. The second-order valence-corrected chi connectivity index (χ2v) is 5.76. The molecule has 0 saturated carbocycles. The van der Waals surface area contributed by atoms with Crippen molar-refractivity contribution in [3.05, 3.63) is 27.1 Å². The van der Waals surface area contributed by atoms with E-state index in [-0.39, 0.29) is 12.5 Å². The normalized spacial score (nSPS) is 15.6. The Hall–Kier alpha value is -0.590. The SMILES string of the molecule is O=C(COc1ccc(Br)cc1Br)N1CCNCC1. The second kappa shape index (κ2) is 6.54. The summed E-state index contributed by atoms with van der Waals surface area (Å²) in [5, 5.41) is 3.21. The molecular formula is C12H14Br2N2O2. The van der Waals surface area contributed by atoms with Crippen LogP contribution < -0.4 is 10.1 Å². The van der Waals surface area contributed by atoms with Crippen molar-refractivity contribution in [1.82, 2.24) is 10.2 Å². The van der Waals surface area contributed by atoms with Crippen LogP contribution in [0.1, 0.15) is 0 Å².